The molecule has 90 valence electrons. The first-order chi connectivity index (χ1) is 8.29. The fraction of sp³-hybridized carbons (Fsp3) is 0.357. The van der Waals surface area contributed by atoms with Crippen molar-refractivity contribution in [2.45, 2.75) is 19.4 Å². The molecule has 0 bridgehead atoms. The Hall–Kier alpha value is -1.61. The van der Waals surface area contributed by atoms with E-state index < -0.39 is 0 Å². The fourth-order valence-electron chi connectivity index (χ4n) is 2.02. The molecule has 3 heteroatoms. The Labute approximate surface area is 102 Å². The number of hydrogen-bond acceptors (Lipinski definition) is 2. The molecule has 1 unspecified atom stereocenters. The van der Waals surface area contributed by atoms with Crippen molar-refractivity contribution in [3.05, 3.63) is 53.9 Å². The Morgan fingerprint density at radius 2 is 2.06 bits per heavy atom. The summed E-state index contributed by atoms with van der Waals surface area (Å²) >= 11 is 0. The summed E-state index contributed by atoms with van der Waals surface area (Å²) in [5.74, 6) is 0. The Balaban J connectivity index is 2.13. The van der Waals surface area contributed by atoms with E-state index in [0.29, 0.717) is 6.04 Å². The van der Waals surface area contributed by atoms with Gasteiger partial charge in [0.1, 0.15) is 0 Å². The summed E-state index contributed by atoms with van der Waals surface area (Å²) in [7, 11) is 1.95. The number of aromatic nitrogens is 2. The number of hydrogen-bond donors (Lipinski definition) is 1. The molecule has 0 fully saturated rings. The highest BCUT2D eigenvalue weighted by molar-refractivity contribution is 5.20. The van der Waals surface area contributed by atoms with Gasteiger partial charge in [-0.25, -0.2) is 0 Å². The van der Waals surface area contributed by atoms with E-state index in [0.717, 1.165) is 13.0 Å². The van der Waals surface area contributed by atoms with Crippen molar-refractivity contribution < 1.29 is 0 Å². The highest BCUT2D eigenvalue weighted by atomic mass is 15.2. The number of aryl methyl sites for hydroxylation is 1. The molecule has 2 rings (SSSR count). The molecule has 2 aromatic rings. The quantitative estimate of drug-likeness (QED) is 0.852. The molecule has 0 spiro atoms. The van der Waals surface area contributed by atoms with Crippen LogP contribution in [0.3, 0.4) is 0 Å². The van der Waals surface area contributed by atoms with Gasteiger partial charge in [0.15, 0.2) is 0 Å². The maximum absolute atomic E-state index is 4.24. The van der Waals surface area contributed by atoms with Crippen LogP contribution in [0.15, 0.2) is 42.7 Å². The van der Waals surface area contributed by atoms with Gasteiger partial charge in [0.25, 0.3) is 0 Å². The van der Waals surface area contributed by atoms with Gasteiger partial charge in [-0.05, 0) is 18.5 Å². The van der Waals surface area contributed by atoms with E-state index in [2.05, 4.69) is 53.9 Å². The predicted molar refractivity (Wildman–Crippen MR) is 69.8 cm³/mol. The lowest BCUT2D eigenvalue weighted by Crippen LogP contribution is -2.22. The summed E-state index contributed by atoms with van der Waals surface area (Å²) in [6.45, 7) is 3.10. The molecule has 17 heavy (non-hydrogen) atoms. The van der Waals surface area contributed by atoms with Crippen LogP contribution in [0.4, 0.5) is 0 Å². The van der Waals surface area contributed by atoms with Gasteiger partial charge in [0.05, 0.1) is 6.20 Å². The second kappa shape index (κ2) is 5.64. The van der Waals surface area contributed by atoms with Gasteiger partial charge < -0.3 is 5.32 Å². The van der Waals surface area contributed by atoms with E-state index >= 15 is 0 Å². The van der Waals surface area contributed by atoms with E-state index in [1.807, 2.05) is 17.9 Å². The summed E-state index contributed by atoms with van der Waals surface area (Å²) in [6, 6.07) is 10.9. The van der Waals surface area contributed by atoms with E-state index in [-0.39, 0.29) is 0 Å². The summed E-state index contributed by atoms with van der Waals surface area (Å²) in [5.41, 5.74) is 2.60. The van der Waals surface area contributed by atoms with Crippen molar-refractivity contribution in [1.29, 1.82) is 0 Å². The Kier molecular flexibility index (Phi) is 3.94. The zero-order valence-electron chi connectivity index (χ0n) is 10.4. The molecule has 0 saturated carbocycles. The van der Waals surface area contributed by atoms with Crippen LogP contribution in [0.5, 0.6) is 0 Å². The third-order valence-electron chi connectivity index (χ3n) is 2.86. The van der Waals surface area contributed by atoms with Crippen LogP contribution >= 0.6 is 0 Å². The zero-order valence-corrected chi connectivity index (χ0v) is 10.4. The minimum absolute atomic E-state index is 0.344. The molecule has 1 atom stereocenters. The minimum atomic E-state index is 0.344. The van der Waals surface area contributed by atoms with E-state index in [1.54, 1.807) is 0 Å². The van der Waals surface area contributed by atoms with Crippen molar-refractivity contribution in [1.82, 2.24) is 15.1 Å². The lowest BCUT2D eigenvalue weighted by atomic mass is 10.0. The number of likely N-dealkylation sites (N-methyl/N-ethyl adjacent to an activating group) is 1. The molecule has 1 N–H and O–H groups in total. The van der Waals surface area contributed by atoms with Gasteiger partial charge in [-0.15, -0.1) is 0 Å². The number of benzene rings is 1. The summed E-state index contributed by atoms with van der Waals surface area (Å²) in [6.07, 6.45) is 5.02. The highest BCUT2D eigenvalue weighted by Crippen LogP contribution is 2.17. The highest BCUT2D eigenvalue weighted by Gasteiger charge is 2.12. The molecular formula is C14H19N3. The molecule has 0 aliphatic heterocycles. The topological polar surface area (TPSA) is 29.9 Å². The SMILES string of the molecule is CCNC(Cc1ccccc1)c1cnn(C)c1. The normalized spacial score (nSPS) is 12.6. The van der Waals surface area contributed by atoms with Crippen LogP contribution in [0.25, 0.3) is 0 Å². The van der Waals surface area contributed by atoms with E-state index in [4.69, 9.17) is 0 Å². The first-order valence-corrected chi connectivity index (χ1v) is 6.05. The van der Waals surface area contributed by atoms with Crippen LogP contribution in [0.2, 0.25) is 0 Å². The average Bonchev–Trinajstić information content (AvgIpc) is 2.77. The van der Waals surface area contributed by atoms with Crippen molar-refractivity contribution in [2.24, 2.45) is 7.05 Å². The monoisotopic (exact) mass is 229 g/mol. The lowest BCUT2D eigenvalue weighted by Gasteiger charge is -2.16. The van der Waals surface area contributed by atoms with Gasteiger partial charge in [0.2, 0.25) is 0 Å². The van der Waals surface area contributed by atoms with Crippen molar-refractivity contribution in [3.63, 3.8) is 0 Å². The maximum atomic E-state index is 4.24. The van der Waals surface area contributed by atoms with Crippen LogP contribution < -0.4 is 5.32 Å². The average molecular weight is 229 g/mol. The Morgan fingerprint density at radius 3 is 2.65 bits per heavy atom. The maximum Gasteiger partial charge on any atom is 0.0537 e. The lowest BCUT2D eigenvalue weighted by molar-refractivity contribution is 0.549. The summed E-state index contributed by atoms with van der Waals surface area (Å²) in [4.78, 5) is 0. The number of nitrogens with zero attached hydrogens (tertiary/aromatic N) is 2. The van der Waals surface area contributed by atoms with Crippen molar-refractivity contribution >= 4 is 0 Å². The minimum Gasteiger partial charge on any atom is -0.310 e. The molecule has 0 amide bonds. The third kappa shape index (κ3) is 3.17. The van der Waals surface area contributed by atoms with Crippen LogP contribution in [-0.2, 0) is 13.5 Å². The molecule has 0 aliphatic carbocycles. The zero-order chi connectivity index (χ0) is 12.1. The van der Waals surface area contributed by atoms with Crippen molar-refractivity contribution in [2.75, 3.05) is 6.54 Å². The van der Waals surface area contributed by atoms with Gasteiger partial charge in [-0.3, -0.25) is 4.68 Å². The van der Waals surface area contributed by atoms with Crippen LogP contribution in [0, 0.1) is 0 Å². The molecule has 1 aromatic heterocycles. The van der Waals surface area contributed by atoms with E-state index in [1.165, 1.54) is 11.1 Å². The summed E-state index contributed by atoms with van der Waals surface area (Å²) in [5, 5.41) is 7.75. The molecular weight excluding hydrogens is 210 g/mol. The molecule has 3 nitrogen and oxygen atoms in total. The van der Waals surface area contributed by atoms with Crippen LogP contribution in [-0.4, -0.2) is 16.3 Å². The smallest absolute Gasteiger partial charge is 0.0537 e. The second-order valence-electron chi connectivity index (χ2n) is 4.25. The van der Waals surface area contributed by atoms with Gasteiger partial charge in [-0.1, -0.05) is 37.3 Å². The first kappa shape index (κ1) is 11.9. The third-order valence-corrected chi connectivity index (χ3v) is 2.86. The van der Waals surface area contributed by atoms with E-state index in [9.17, 15) is 0 Å². The van der Waals surface area contributed by atoms with Gasteiger partial charge >= 0.3 is 0 Å². The number of nitrogens with one attached hydrogen (secondary N) is 1. The molecule has 0 aliphatic rings. The molecule has 1 aromatic carbocycles. The molecule has 0 saturated heterocycles. The predicted octanol–water partition coefficient (Wildman–Crippen LogP) is 2.31. The van der Waals surface area contributed by atoms with Gasteiger partial charge in [0, 0.05) is 24.8 Å². The number of rotatable bonds is 5. The van der Waals surface area contributed by atoms with Crippen LogP contribution in [0.1, 0.15) is 24.1 Å². The Bertz CT molecular complexity index is 448. The molecule has 0 radical (unpaired) electrons. The largest absolute Gasteiger partial charge is 0.310 e. The second-order valence-corrected chi connectivity index (χ2v) is 4.25. The fourth-order valence-corrected chi connectivity index (χ4v) is 2.02. The van der Waals surface area contributed by atoms with Gasteiger partial charge in [-0.2, -0.15) is 5.10 Å². The summed E-state index contributed by atoms with van der Waals surface area (Å²) < 4.78 is 1.85. The molecule has 1 heterocycles. The standard InChI is InChI=1S/C14H19N3/c1-3-15-14(13-10-16-17(2)11-13)9-12-7-5-4-6-8-12/h4-8,10-11,14-15H,3,9H2,1-2H3. The Morgan fingerprint density at radius 1 is 1.29 bits per heavy atom. The first-order valence-electron chi connectivity index (χ1n) is 6.05. The van der Waals surface area contributed by atoms with Crippen molar-refractivity contribution in [3.8, 4) is 0 Å².